The summed E-state index contributed by atoms with van der Waals surface area (Å²) in [6, 6.07) is 16.5. The fourth-order valence-electron chi connectivity index (χ4n) is 6.43. The van der Waals surface area contributed by atoms with Crippen LogP contribution in [-0.4, -0.2) is 98.5 Å². The van der Waals surface area contributed by atoms with Gasteiger partial charge in [-0.25, -0.2) is 5.06 Å². The first kappa shape index (κ1) is 33.6. The molecule has 1 heterocycles. The van der Waals surface area contributed by atoms with Crippen molar-refractivity contribution in [1.29, 1.82) is 0 Å². The van der Waals surface area contributed by atoms with Gasteiger partial charge in [0.1, 0.15) is 6.04 Å². The molecule has 0 spiro atoms. The lowest BCUT2D eigenvalue weighted by Gasteiger charge is -2.42. The van der Waals surface area contributed by atoms with Gasteiger partial charge in [-0.3, -0.25) is 29.4 Å². The van der Waals surface area contributed by atoms with Gasteiger partial charge in [0, 0.05) is 44.1 Å². The molecule has 1 fully saturated rings. The summed E-state index contributed by atoms with van der Waals surface area (Å²) in [6.07, 6.45) is 1.58. The SMILES string of the molecule is CC(C)(C)NC(=O)C1CN(CCCC(=O)O)CCN1CC(O)CC(Cc1ccccc1)C(=O)N(O)C1CCc2ccccc21. The van der Waals surface area contributed by atoms with Crippen LogP contribution in [0.5, 0.6) is 0 Å². The average molecular weight is 609 g/mol. The minimum atomic E-state index is -0.916. The van der Waals surface area contributed by atoms with Crippen molar-refractivity contribution in [3.63, 3.8) is 0 Å². The van der Waals surface area contributed by atoms with Gasteiger partial charge in [-0.2, -0.15) is 0 Å². The van der Waals surface area contributed by atoms with Crippen LogP contribution in [0.1, 0.15) is 69.2 Å². The van der Waals surface area contributed by atoms with Crippen molar-refractivity contribution >= 4 is 17.8 Å². The van der Waals surface area contributed by atoms with Gasteiger partial charge in [0.15, 0.2) is 0 Å². The molecule has 0 radical (unpaired) electrons. The third-order valence-electron chi connectivity index (χ3n) is 8.54. The van der Waals surface area contributed by atoms with Crippen molar-refractivity contribution in [2.45, 2.75) is 83.0 Å². The zero-order valence-electron chi connectivity index (χ0n) is 26.2. The first-order valence-corrected chi connectivity index (χ1v) is 15.7. The number of benzene rings is 2. The number of carbonyl (C=O) groups is 3. The van der Waals surface area contributed by atoms with E-state index < -0.39 is 41.5 Å². The lowest BCUT2D eigenvalue weighted by Crippen LogP contribution is -2.62. The lowest BCUT2D eigenvalue weighted by molar-refractivity contribution is -0.182. The number of rotatable bonds is 13. The number of aliphatic hydroxyl groups is 1. The number of aliphatic carboxylic acids is 1. The number of carboxylic acid groups (broad SMARTS) is 1. The molecular formula is C34H48N4O6. The van der Waals surface area contributed by atoms with E-state index in [2.05, 4.69) is 10.2 Å². The van der Waals surface area contributed by atoms with Gasteiger partial charge < -0.3 is 15.5 Å². The van der Waals surface area contributed by atoms with Gasteiger partial charge in [-0.1, -0.05) is 54.6 Å². The van der Waals surface area contributed by atoms with Gasteiger partial charge in [-0.05, 0) is 76.1 Å². The highest BCUT2D eigenvalue weighted by Gasteiger charge is 2.37. The largest absolute Gasteiger partial charge is 0.481 e. The van der Waals surface area contributed by atoms with E-state index in [4.69, 9.17) is 5.11 Å². The van der Waals surface area contributed by atoms with Crippen LogP contribution in [0.4, 0.5) is 0 Å². The number of aryl methyl sites for hydroxylation is 1. The van der Waals surface area contributed by atoms with Crippen LogP contribution in [0.2, 0.25) is 0 Å². The molecule has 2 aromatic carbocycles. The summed E-state index contributed by atoms with van der Waals surface area (Å²) in [6.45, 7) is 8.11. The van der Waals surface area contributed by atoms with Crippen LogP contribution < -0.4 is 5.32 Å². The van der Waals surface area contributed by atoms with E-state index in [-0.39, 0.29) is 25.3 Å². The molecule has 0 aromatic heterocycles. The van der Waals surface area contributed by atoms with Gasteiger partial charge >= 0.3 is 5.97 Å². The highest BCUT2D eigenvalue weighted by atomic mass is 16.5. The number of hydrogen-bond acceptors (Lipinski definition) is 7. The molecule has 240 valence electrons. The standard InChI is InChI=1S/C34H48N4O6/c1-34(2,3)35-32(42)30-23-36(17-9-14-31(40)41)18-19-37(30)22-27(39)21-26(20-24-10-5-4-6-11-24)33(43)38(44)29-16-15-25-12-7-8-13-28(25)29/h4-8,10-13,26-27,29-30,39,44H,9,14-23H2,1-3H3,(H,35,42)(H,40,41). The van der Waals surface area contributed by atoms with Crippen LogP contribution in [0.25, 0.3) is 0 Å². The second-order valence-corrected chi connectivity index (χ2v) is 13.3. The topological polar surface area (TPSA) is 134 Å². The van der Waals surface area contributed by atoms with Crippen molar-refractivity contribution in [2.75, 3.05) is 32.7 Å². The smallest absolute Gasteiger partial charge is 0.303 e. The summed E-state index contributed by atoms with van der Waals surface area (Å²) in [4.78, 5) is 42.3. The Morgan fingerprint density at radius 2 is 1.75 bits per heavy atom. The zero-order chi connectivity index (χ0) is 31.9. The molecule has 10 heteroatoms. The molecule has 4 N–H and O–H groups in total. The van der Waals surface area contributed by atoms with E-state index in [1.807, 2.05) is 80.3 Å². The van der Waals surface area contributed by atoms with Gasteiger partial charge in [0.2, 0.25) is 11.8 Å². The third kappa shape index (κ3) is 9.34. The molecule has 2 aliphatic rings. The number of aliphatic hydroxyl groups excluding tert-OH is 1. The van der Waals surface area contributed by atoms with Crippen molar-refractivity contribution in [3.8, 4) is 0 Å². The van der Waals surface area contributed by atoms with Crippen LogP contribution >= 0.6 is 0 Å². The summed E-state index contributed by atoms with van der Waals surface area (Å²) in [5, 5.41) is 35.6. The third-order valence-corrected chi connectivity index (χ3v) is 8.54. The molecule has 10 nitrogen and oxygen atoms in total. The monoisotopic (exact) mass is 608 g/mol. The average Bonchev–Trinajstić information content (AvgIpc) is 3.40. The maximum atomic E-state index is 13.8. The predicted octanol–water partition coefficient (Wildman–Crippen LogP) is 3.27. The molecule has 44 heavy (non-hydrogen) atoms. The molecule has 4 atom stereocenters. The van der Waals surface area contributed by atoms with Gasteiger partial charge in [-0.15, -0.1) is 0 Å². The molecule has 1 aliphatic carbocycles. The maximum Gasteiger partial charge on any atom is 0.303 e. The molecule has 0 saturated carbocycles. The summed E-state index contributed by atoms with van der Waals surface area (Å²) < 4.78 is 0. The lowest BCUT2D eigenvalue weighted by atomic mass is 9.91. The summed E-state index contributed by atoms with van der Waals surface area (Å²) in [7, 11) is 0. The van der Waals surface area contributed by atoms with E-state index in [0.717, 1.165) is 28.2 Å². The quantitative estimate of drug-likeness (QED) is 0.201. The molecule has 1 saturated heterocycles. The molecule has 0 bridgehead atoms. The summed E-state index contributed by atoms with van der Waals surface area (Å²) >= 11 is 0. The molecular weight excluding hydrogens is 560 g/mol. The first-order valence-electron chi connectivity index (χ1n) is 15.7. The van der Waals surface area contributed by atoms with E-state index in [1.54, 1.807) is 0 Å². The zero-order valence-corrected chi connectivity index (χ0v) is 26.2. The number of nitrogens with zero attached hydrogens (tertiary/aromatic N) is 3. The highest BCUT2D eigenvalue weighted by Crippen LogP contribution is 2.36. The minimum Gasteiger partial charge on any atom is -0.481 e. The van der Waals surface area contributed by atoms with E-state index >= 15 is 0 Å². The molecule has 1 aliphatic heterocycles. The number of β-amino-alcohol motifs (C(OH)–C–C–N with tert-alkyl or cyclic N) is 1. The Labute approximate surface area is 260 Å². The van der Waals surface area contributed by atoms with Crippen LogP contribution in [0, 0.1) is 5.92 Å². The van der Waals surface area contributed by atoms with Gasteiger partial charge in [0.05, 0.1) is 12.1 Å². The number of amides is 2. The van der Waals surface area contributed by atoms with E-state index in [9.17, 15) is 24.7 Å². The Morgan fingerprint density at radius 1 is 1.05 bits per heavy atom. The van der Waals surface area contributed by atoms with Crippen LogP contribution in [0.3, 0.4) is 0 Å². The Morgan fingerprint density at radius 3 is 2.45 bits per heavy atom. The molecule has 2 amide bonds. The van der Waals surface area contributed by atoms with Gasteiger partial charge in [0.25, 0.3) is 0 Å². The fourth-order valence-corrected chi connectivity index (χ4v) is 6.43. The normalized spacial score (nSPS) is 20.5. The Hall–Kier alpha value is -3.31. The van der Waals surface area contributed by atoms with Crippen molar-refractivity contribution < 1.29 is 29.8 Å². The fraction of sp³-hybridized carbons (Fsp3) is 0.559. The molecule has 4 rings (SSSR count). The van der Waals surface area contributed by atoms with E-state index in [0.29, 0.717) is 45.4 Å². The first-order chi connectivity index (χ1) is 20.9. The number of carbonyl (C=O) groups excluding carboxylic acids is 2. The number of nitrogens with one attached hydrogen (secondary N) is 1. The van der Waals surface area contributed by atoms with Crippen LogP contribution in [0.15, 0.2) is 54.6 Å². The molecule has 4 unspecified atom stereocenters. The Bertz CT molecular complexity index is 1270. The Kier molecular flexibility index (Phi) is 11.5. The number of fused-ring (bicyclic) bond motifs is 1. The minimum absolute atomic E-state index is 0.0724. The molecule has 2 aromatic rings. The number of hydrogen-bond donors (Lipinski definition) is 4. The van der Waals surface area contributed by atoms with E-state index in [1.165, 1.54) is 0 Å². The summed E-state index contributed by atoms with van der Waals surface area (Å²) in [5.74, 6) is -2.07. The number of hydroxylamine groups is 2. The maximum absolute atomic E-state index is 13.8. The predicted molar refractivity (Wildman–Crippen MR) is 167 cm³/mol. The summed E-state index contributed by atoms with van der Waals surface area (Å²) in [5.41, 5.74) is 2.58. The van der Waals surface area contributed by atoms with Crippen molar-refractivity contribution in [1.82, 2.24) is 20.2 Å². The van der Waals surface area contributed by atoms with Crippen molar-refractivity contribution in [2.24, 2.45) is 5.92 Å². The van der Waals surface area contributed by atoms with Crippen LogP contribution in [-0.2, 0) is 27.2 Å². The second kappa shape index (κ2) is 15.1. The number of carboxylic acids is 1. The Balaban J connectivity index is 1.47. The van der Waals surface area contributed by atoms with Crippen molar-refractivity contribution in [3.05, 3.63) is 71.3 Å². The number of piperazine rings is 1. The highest BCUT2D eigenvalue weighted by molar-refractivity contribution is 5.83. The second-order valence-electron chi connectivity index (χ2n) is 13.3.